The van der Waals surface area contributed by atoms with Gasteiger partial charge in [-0.3, -0.25) is 4.98 Å². The number of hydrogen-bond donors (Lipinski definition) is 1. The number of hydrogen-bond acceptors (Lipinski definition) is 3. The van der Waals surface area contributed by atoms with Crippen molar-refractivity contribution in [2.75, 3.05) is 20.2 Å². The van der Waals surface area contributed by atoms with E-state index in [9.17, 15) is 0 Å². The largest absolute Gasteiger partial charge is 0.496 e. The molecule has 1 aromatic carbocycles. The van der Waals surface area contributed by atoms with E-state index in [1.54, 1.807) is 7.11 Å². The van der Waals surface area contributed by atoms with Crippen molar-refractivity contribution in [2.45, 2.75) is 25.7 Å². The molecule has 2 aromatic rings. The summed E-state index contributed by atoms with van der Waals surface area (Å²) in [4.78, 5) is 4.65. The fraction of sp³-hybridized carbons (Fsp3) is 0.438. The fourth-order valence-corrected chi connectivity index (χ4v) is 2.91. The lowest BCUT2D eigenvalue weighted by molar-refractivity contribution is 0.412. The molecule has 0 saturated carbocycles. The van der Waals surface area contributed by atoms with E-state index < -0.39 is 0 Å². The summed E-state index contributed by atoms with van der Waals surface area (Å²) in [5.74, 6) is 1.50. The van der Waals surface area contributed by atoms with Gasteiger partial charge in [-0.25, -0.2) is 0 Å². The molecule has 0 bridgehead atoms. The van der Waals surface area contributed by atoms with E-state index >= 15 is 0 Å². The van der Waals surface area contributed by atoms with Gasteiger partial charge in [0, 0.05) is 29.7 Å². The van der Waals surface area contributed by atoms with Gasteiger partial charge in [0.2, 0.25) is 0 Å². The van der Waals surface area contributed by atoms with Gasteiger partial charge in [-0.1, -0.05) is 0 Å². The quantitative estimate of drug-likeness (QED) is 0.897. The standard InChI is InChI=1S/C16H20N2O/c1-11-14-8-15(13-4-3-7-17-9-13)18-10-12(14)5-6-16(11)19-2/h5-6,8,10,13,17H,3-4,7,9H2,1-2H3. The molecule has 1 aromatic heterocycles. The first-order valence-corrected chi connectivity index (χ1v) is 6.93. The number of ether oxygens (including phenoxy) is 1. The first-order chi connectivity index (χ1) is 9.29. The lowest BCUT2D eigenvalue weighted by Crippen LogP contribution is -2.28. The number of benzene rings is 1. The van der Waals surface area contributed by atoms with Crippen molar-refractivity contribution in [3.8, 4) is 5.75 Å². The van der Waals surface area contributed by atoms with Crippen LogP contribution in [0.25, 0.3) is 10.8 Å². The van der Waals surface area contributed by atoms with E-state index in [1.807, 2.05) is 12.3 Å². The minimum absolute atomic E-state index is 0.545. The Morgan fingerprint density at radius 2 is 2.26 bits per heavy atom. The van der Waals surface area contributed by atoms with Gasteiger partial charge >= 0.3 is 0 Å². The van der Waals surface area contributed by atoms with Crippen LogP contribution in [0.3, 0.4) is 0 Å². The first kappa shape index (κ1) is 12.4. The van der Waals surface area contributed by atoms with Gasteiger partial charge < -0.3 is 10.1 Å². The number of aromatic nitrogens is 1. The Kier molecular flexibility index (Phi) is 3.38. The molecule has 19 heavy (non-hydrogen) atoms. The Bertz CT molecular complexity index is 589. The van der Waals surface area contributed by atoms with Crippen molar-refractivity contribution >= 4 is 10.8 Å². The normalized spacial score (nSPS) is 19.6. The van der Waals surface area contributed by atoms with Crippen LogP contribution in [0, 0.1) is 6.92 Å². The SMILES string of the molecule is COc1ccc2cnc(C3CCCNC3)cc2c1C. The Labute approximate surface area is 114 Å². The molecule has 0 amide bonds. The Morgan fingerprint density at radius 3 is 3.00 bits per heavy atom. The molecule has 0 spiro atoms. The maximum absolute atomic E-state index is 5.41. The van der Waals surface area contributed by atoms with Crippen LogP contribution in [-0.2, 0) is 0 Å². The topological polar surface area (TPSA) is 34.1 Å². The predicted octanol–water partition coefficient (Wildman–Crippen LogP) is 3.02. The molecule has 1 N–H and O–H groups in total. The molecule has 1 aliphatic rings. The fourth-order valence-electron chi connectivity index (χ4n) is 2.91. The molecule has 0 radical (unpaired) electrons. The number of fused-ring (bicyclic) bond motifs is 1. The van der Waals surface area contributed by atoms with Crippen LogP contribution in [0.15, 0.2) is 24.4 Å². The molecule has 3 rings (SSSR count). The summed E-state index contributed by atoms with van der Waals surface area (Å²) in [5, 5.41) is 5.90. The summed E-state index contributed by atoms with van der Waals surface area (Å²) in [5.41, 5.74) is 2.41. The van der Waals surface area contributed by atoms with Crippen molar-refractivity contribution < 1.29 is 4.74 Å². The lowest BCUT2D eigenvalue weighted by atomic mass is 9.94. The second kappa shape index (κ2) is 5.17. The molecule has 3 heteroatoms. The van der Waals surface area contributed by atoms with Gasteiger partial charge in [-0.2, -0.15) is 0 Å². The molecule has 100 valence electrons. The number of piperidine rings is 1. The van der Waals surface area contributed by atoms with Gasteiger partial charge in [0.15, 0.2) is 0 Å². The third kappa shape index (κ3) is 2.30. The van der Waals surface area contributed by atoms with Crippen LogP contribution >= 0.6 is 0 Å². The van der Waals surface area contributed by atoms with Gasteiger partial charge in [-0.15, -0.1) is 0 Å². The number of methoxy groups -OCH3 is 1. The average Bonchev–Trinajstić information content (AvgIpc) is 2.48. The minimum Gasteiger partial charge on any atom is -0.496 e. The van der Waals surface area contributed by atoms with Crippen molar-refractivity contribution in [1.29, 1.82) is 0 Å². The van der Waals surface area contributed by atoms with Crippen LogP contribution in [0.4, 0.5) is 0 Å². The average molecular weight is 256 g/mol. The first-order valence-electron chi connectivity index (χ1n) is 6.93. The van der Waals surface area contributed by atoms with Gasteiger partial charge in [0.25, 0.3) is 0 Å². The third-order valence-corrected chi connectivity index (χ3v) is 4.08. The number of nitrogens with zero attached hydrogens (tertiary/aromatic N) is 1. The molecule has 1 fully saturated rings. The number of aryl methyl sites for hydroxylation is 1. The van der Waals surface area contributed by atoms with Crippen LogP contribution in [0.1, 0.15) is 30.0 Å². The van der Waals surface area contributed by atoms with Crippen molar-refractivity contribution in [3.63, 3.8) is 0 Å². The maximum atomic E-state index is 5.41. The smallest absolute Gasteiger partial charge is 0.122 e. The summed E-state index contributed by atoms with van der Waals surface area (Å²) in [7, 11) is 1.72. The summed E-state index contributed by atoms with van der Waals surface area (Å²) in [6.45, 7) is 4.29. The zero-order valence-electron chi connectivity index (χ0n) is 11.6. The molecule has 1 atom stereocenters. The van der Waals surface area contributed by atoms with Crippen molar-refractivity contribution in [2.24, 2.45) is 0 Å². The van der Waals surface area contributed by atoms with E-state index in [4.69, 9.17) is 4.74 Å². The molecular formula is C16H20N2O. The Balaban J connectivity index is 2.05. The second-order valence-corrected chi connectivity index (χ2v) is 5.27. The van der Waals surface area contributed by atoms with E-state index in [0.717, 1.165) is 18.8 Å². The second-order valence-electron chi connectivity index (χ2n) is 5.27. The van der Waals surface area contributed by atoms with Crippen molar-refractivity contribution in [3.05, 3.63) is 35.7 Å². The van der Waals surface area contributed by atoms with E-state index in [2.05, 4.69) is 29.4 Å². The molecular weight excluding hydrogens is 236 g/mol. The zero-order valence-corrected chi connectivity index (χ0v) is 11.6. The highest BCUT2D eigenvalue weighted by Gasteiger charge is 2.17. The van der Waals surface area contributed by atoms with E-state index in [1.165, 1.54) is 34.9 Å². The lowest BCUT2D eigenvalue weighted by Gasteiger charge is -2.22. The van der Waals surface area contributed by atoms with Gasteiger partial charge in [0.05, 0.1) is 7.11 Å². The number of pyridine rings is 1. The number of nitrogens with one attached hydrogen (secondary N) is 1. The molecule has 1 saturated heterocycles. The molecule has 3 nitrogen and oxygen atoms in total. The summed E-state index contributed by atoms with van der Waals surface area (Å²) >= 11 is 0. The van der Waals surface area contributed by atoms with E-state index in [-0.39, 0.29) is 0 Å². The van der Waals surface area contributed by atoms with Crippen LogP contribution < -0.4 is 10.1 Å². The van der Waals surface area contributed by atoms with Crippen molar-refractivity contribution in [1.82, 2.24) is 10.3 Å². The highest BCUT2D eigenvalue weighted by Crippen LogP contribution is 2.30. The molecule has 1 unspecified atom stereocenters. The van der Waals surface area contributed by atoms with Gasteiger partial charge in [0.1, 0.15) is 5.75 Å². The van der Waals surface area contributed by atoms with Crippen LogP contribution in [0.5, 0.6) is 5.75 Å². The molecule has 1 aliphatic heterocycles. The monoisotopic (exact) mass is 256 g/mol. The summed E-state index contributed by atoms with van der Waals surface area (Å²) < 4.78 is 5.41. The Morgan fingerprint density at radius 1 is 1.37 bits per heavy atom. The van der Waals surface area contributed by atoms with E-state index in [0.29, 0.717) is 5.92 Å². The highest BCUT2D eigenvalue weighted by atomic mass is 16.5. The Hall–Kier alpha value is -1.61. The minimum atomic E-state index is 0.545. The zero-order chi connectivity index (χ0) is 13.2. The summed E-state index contributed by atoms with van der Waals surface area (Å²) in [6, 6.07) is 6.34. The van der Waals surface area contributed by atoms with Crippen LogP contribution in [0.2, 0.25) is 0 Å². The molecule has 0 aliphatic carbocycles. The van der Waals surface area contributed by atoms with Gasteiger partial charge in [-0.05, 0) is 55.5 Å². The highest BCUT2D eigenvalue weighted by molar-refractivity contribution is 5.87. The van der Waals surface area contributed by atoms with Crippen LogP contribution in [-0.4, -0.2) is 25.2 Å². The predicted molar refractivity (Wildman–Crippen MR) is 77.9 cm³/mol. The molecule has 2 heterocycles. The maximum Gasteiger partial charge on any atom is 0.122 e. The summed E-state index contributed by atoms with van der Waals surface area (Å²) in [6.07, 6.45) is 4.46. The third-order valence-electron chi connectivity index (χ3n) is 4.08. The number of rotatable bonds is 2.